The van der Waals surface area contributed by atoms with Crippen LogP contribution in [-0.2, 0) is 4.74 Å². The highest BCUT2D eigenvalue weighted by Crippen LogP contribution is 2.24. The van der Waals surface area contributed by atoms with Crippen molar-refractivity contribution in [2.24, 2.45) is 0 Å². The number of halogens is 1. The molecule has 2 fully saturated rings. The number of phenols is 1. The quantitative estimate of drug-likeness (QED) is 0.411. The number of nitrogens with one attached hydrogen (secondary N) is 3. The third-order valence-electron chi connectivity index (χ3n) is 5.58. The van der Waals surface area contributed by atoms with Gasteiger partial charge in [-0.3, -0.25) is 0 Å². The van der Waals surface area contributed by atoms with E-state index in [1.165, 1.54) is 37.8 Å². The van der Waals surface area contributed by atoms with Crippen LogP contribution in [0.2, 0.25) is 0 Å². The summed E-state index contributed by atoms with van der Waals surface area (Å²) in [5.74, 6) is 0.212. The van der Waals surface area contributed by atoms with Crippen LogP contribution < -0.4 is 16.0 Å². The molecule has 1 aliphatic heterocycles. The van der Waals surface area contributed by atoms with Crippen molar-refractivity contribution in [3.05, 3.63) is 24.0 Å². The Bertz CT molecular complexity index is 838. The summed E-state index contributed by atoms with van der Waals surface area (Å²) in [5, 5.41) is 19.3. The molecule has 0 spiro atoms. The third-order valence-corrected chi connectivity index (χ3v) is 5.58. The van der Waals surface area contributed by atoms with E-state index in [1.807, 2.05) is 0 Å². The van der Waals surface area contributed by atoms with Crippen molar-refractivity contribution < 1.29 is 14.2 Å². The Morgan fingerprint density at radius 2 is 1.43 bits per heavy atom. The van der Waals surface area contributed by atoms with Crippen LogP contribution in [0.3, 0.4) is 0 Å². The van der Waals surface area contributed by atoms with Crippen molar-refractivity contribution in [2.45, 2.75) is 63.5 Å². The maximum absolute atomic E-state index is 13.7. The fourth-order valence-electron chi connectivity index (χ4n) is 3.91. The summed E-state index contributed by atoms with van der Waals surface area (Å²) in [5.41, 5.74) is 0.453. The van der Waals surface area contributed by atoms with Gasteiger partial charge in [-0.1, -0.05) is 25.7 Å². The maximum Gasteiger partial charge on any atom is 0.233 e. The smallest absolute Gasteiger partial charge is 0.233 e. The first kappa shape index (κ1) is 20.6. The Kier molecular flexibility index (Phi) is 6.78. The third kappa shape index (κ3) is 5.69. The highest BCUT2D eigenvalue weighted by Gasteiger charge is 2.18. The molecule has 0 radical (unpaired) electrons. The van der Waals surface area contributed by atoms with Crippen LogP contribution in [0.15, 0.2) is 18.2 Å². The van der Waals surface area contributed by atoms with Crippen LogP contribution in [0.5, 0.6) is 5.75 Å². The van der Waals surface area contributed by atoms with Gasteiger partial charge in [0.2, 0.25) is 17.8 Å². The molecule has 9 heteroatoms. The molecule has 162 valence electrons. The summed E-state index contributed by atoms with van der Waals surface area (Å²) in [4.78, 5) is 13.6. The molecule has 1 aromatic heterocycles. The normalized spacial score (nSPS) is 18.6. The van der Waals surface area contributed by atoms with Gasteiger partial charge in [-0.25, -0.2) is 4.39 Å². The van der Waals surface area contributed by atoms with E-state index in [4.69, 9.17) is 4.74 Å². The summed E-state index contributed by atoms with van der Waals surface area (Å²) < 4.78 is 19.1. The summed E-state index contributed by atoms with van der Waals surface area (Å²) >= 11 is 0. The molecule has 0 amide bonds. The van der Waals surface area contributed by atoms with Crippen molar-refractivity contribution in [1.29, 1.82) is 0 Å². The molecule has 4 rings (SSSR count). The van der Waals surface area contributed by atoms with Crippen molar-refractivity contribution in [2.75, 3.05) is 29.2 Å². The van der Waals surface area contributed by atoms with Gasteiger partial charge in [0.1, 0.15) is 0 Å². The summed E-state index contributed by atoms with van der Waals surface area (Å²) in [6.07, 6.45) is 8.92. The second-order valence-corrected chi connectivity index (χ2v) is 7.96. The van der Waals surface area contributed by atoms with Crippen LogP contribution in [0, 0.1) is 5.82 Å². The highest BCUT2D eigenvalue weighted by molar-refractivity contribution is 5.57. The van der Waals surface area contributed by atoms with Gasteiger partial charge in [0.15, 0.2) is 11.6 Å². The Morgan fingerprint density at radius 3 is 2.07 bits per heavy atom. The molecule has 0 unspecified atom stereocenters. The van der Waals surface area contributed by atoms with Crippen LogP contribution >= 0.6 is 0 Å². The number of phenolic OH excluding ortho intramolecular Hbond substituents is 1. The van der Waals surface area contributed by atoms with Crippen molar-refractivity contribution in [3.63, 3.8) is 0 Å². The van der Waals surface area contributed by atoms with Crippen molar-refractivity contribution in [3.8, 4) is 5.75 Å². The molecule has 30 heavy (non-hydrogen) atoms. The van der Waals surface area contributed by atoms with Gasteiger partial charge in [0.05, 0.1) is 0 Å². The number of hydrogen-bond acceptors (Lipinski definition) is 8. The van der Waals surface area contributed by atoms with Crippen molar-refractivity contribution in [1.82, 2.24) is 15.0 Å². The van der Waals surface area contributed by atoms with Gasteiger partial charge in [-0.05, 0) is 37.8 Å². The number of aromatic nitrogens is 3. The Balaban J connectivity index is 1.54. The zero-order valence-corrected chi connectivity index (χ0v) is 17.0. The number of rotatable bonds is 6. The lowest BCUT2D eigenvalue weighted by Crippen LogP contribution is -2.29. The number of hydrogen-bond donors (Lipinski definition) is 4. The zero-order chi connectivity index (χ0) is 20.8. The molecule has 1 aromatic carbocycles. The Morgan fingerprint density at radius 1 is 0.833 bits per heavy atom. The molecule has 1 saturated carbocycles. The first-order valence-corrected chi connectivity index (χ1v) is 10.8. The lowest BCUT2D eigenvalue weighted by Gasteiger charge is -2.23. The van der Waals surface area contributed by atoms with Crippen LogP contribution in [0.25, 0.3) is 0 Å². The molecule has 1 saturated heterocycles. The standard InChI is InChI=1S/C21H29FN6O2/c22-17-13-16(7-8-18(17)29)25-21-27-19(23-14-5-3-1-2-4-6-14)26-20(28-21)24-15-9-11-30-12-10-15/h7-8,13-15,29H,1-6,9-12H2,(H3,23,24,25,26,27,28). The van der Waals surface area contributed by atoms with E-state index in [-0.39, 0.29) is 6.04 Å². The van der Waals surface area contributed by atoms with E-state index in [0.717, 1.165) is 25.7 Å². The van der Waals surface area contributed by atoms with Crippen molar-refractivity contribution >= 4 is 23.5 Å². The fourth-order valence-corrected chi connectivity index (χ4v) is 3.91. The second kappa shape index (κ2) is 9.88. The van der Waals surface area contributed by atoms with E-state index in [9.17, 15) is 9.50 Å². The maximum atomic E-state index is 13.7. The van der Waals surface area contributed by atoms with Gasteiger partial charge in [0, 0.05) is 37.1 Å². The number of anilines is 4. The highest BCUT2D eigenvalue weighted by atomic mass is 19.1. The van der Waals surface area contributed by atoms with E-state index >= 15 is 0 Å². The molecule has 1 aliphatic carbocycles. The molecule has 4 N–H and O–H groups in total. The van der Waals surface area contributed by atoms with E-state index in [0.29, 0.717) is 42.8 Å². The fraction of sp³-hybridized carbons (Fsp3) is 0.571. The van der Waals surface area contributed by atoms with Gasteiger partial charge in [-0.15, -0.1) is 0 Å². The predicted octanol–water partition coefficient (Wildman–Crippen LogP) is 4.19. The summed E-state index contributed by atoms with van der Waals surface area (Å²) in [6, 6.07) is 4.66. The van der Waals surface area contributed by atoms with Gasteiger partial charge >= 0.3 is 0 Å². The van der Waals surface area contributed by atoms with Gasteiger partial charge in [-0.2, -0.15) is 15.0 Å². The van der Waals surface area contributed by atoms with E-state index in [1.54, 1.807) is 6.07 Å². The Hall–Kier alpha value is -2.68. The second-order valence-electron chi connectivity index (χ2n) is 7.96. The SMILES string of the molecule is Oc1ccc(Nc2nc(NC3CCCCCC3)nc(NC3CCOCC3)n2)cc1F. The summed E-state index contributed by atoms with van der Waals surface area (Å²) in [7, 11) is 0. The first-order chi connectivity index (χ1) is 14.7. The predicted molar refractivity (Wildman–Crippen MR) is 114 cm³/mol. The minimum absolute atomic E-state index is 0.242. The molecule has 8 nitrogen and oxygen atoms in total. The van der Waals surface area contributed by atoms with Crippen LogP contribution in [0.4, 0.5) is 27.9 Å². The van der Waals surface area contributed by atoms with E-state index in [2.05, 4.69) is 30.9 Å². The lowest BCUT2D eigenvalue weighted by molar-refractivity contribution is 0.0903. The number of benzene rings is 1. The molecule has 0 atom stereocenters. The molecular formula is C21H29FN6O2. The lowest BCUT2D eigenvalue weighted by atomic mass is 10.1. The topological polar surface area (TPSA) is 104 Å². The molecular weight excluding hydrogens is 387 g/mol. The Labute approximate surface area is 175 Å². The van der Waals surface area contributed by atoms with Gasteiger partial charge in [0.25, 0.3) is 0 Å². The minimum atomic E-state index is -0.702. The number of nitrogens with zero attached hydrogens (tertiary/aromatic N) is 3. The molecule has 0 bridgehead atoms. The van der Waals surface area contributed by atoms with Gasteiger partial charge < -0.3 is 25.8 Å². The zero-order valence-electron chi connectivity index (χ0n) is 17.0. The average Bonchev–Trinajstić information content (AvgIpc) is 3.00. The minimum Gasteiger partial charge on any atom is -0.505 e. The average molecular weight is 417 g/mol. The number of aromatic hydroxyl groups is 1. The molecule has 2 aliphatic rings. The van der Waals surface area contributed by atoms with Crippen LogP contribution in [0.1, 0.15) is 51.4 Å². The monoisotopic (exact) mass is 416 g/mol. The largest absolute Gasteiger partial charge is 0.505 e. The number of ether oxygens (including phenoxy) is 1. The molecule has 2 aromatic rings. The van der Waals surface area contributed by atoms with Crippen LogP contribution in [-0.4, -0.2) is 45.4 Å². The first-order valence-electron chi connectivity index (χ1n) is 10.8. The summed E-state index contributed by atoms with van der Waals surface area (Å²) in [6.45, 7) is 1.43. The molecule has 2 heterocycles. The van der Waals surface area contributed by atoms with E-state index < -0.39 is 11.6 Å².